The van der Waals surface area contributed by atoms with Crippen LogP contribution in [0.1, 0.15) is 34.0 Å². The fraction of sp³-hybridized carbons (Fsp3) is 0.154. The molecule has 1 atom stereocenters. The van der Waals surface area contributed by atoms with Gasteiger partial charge >= 0.3 is 0 Å². The normalized spacial score (nSPS) is 17.2. The molecule has 0 unspecified atom stereocenters. The second kappa shape index (κ2) is 7.86. The third-order valence-corrected chi connectivity index (χ3v) is 8.13. The molecule has 7 heteroatoms. The highest BCUT2D eigenvalue weighted by Gasteiger charge is 2.33. The maximum Gasteiger partial charge on any atom is 0.271 e. The SMILES string of the molecule is COc1cccc(/C=c2/sc3n(c2=O)[C@@H](c2cccs2)C2=C(N=3)c3ccccc3CC2)c1O. The molecule has 33 heavy (non-hydrogen) atoms. The van der Waals surface area contributed by atoms with Crippen molar-refractivity contribution in [1.29, 1.82) is 0 Å². The summed E-state index contributed by atoms with van der Waals surface area (Å²) in [4.78, 5) is 20.5. The Hall–Kier alpha value is -3.42. The smallest absolute Gasteiger partial charge is 0.271 e. The number of fused-ring (bicyclic) bond motifs is 3. The molecule has 2 aromatic carbocycles. The van der Waals surface area contributed by atoms with E-state index in [-0.39, 0.29) is 17.4 Å². The number of benzene rings is 2. The quantitative estimate of drug-likeness (QED) is 0.488. The first-order valence-electron chi connectivity index (χ1n) is 10.7. The summed E-state index contributed by atoms with van der Waals surface area (Å²) in [5, 5.41) is 12.6. The molecule has 0 bridgehead atoms. The van der Waals surface area contributed by atoms with Crippen molar-refractivity contribution in [3.8, 4) is 11.5 Å². The largest absolute Gasteiger partial charge is 0.504 e. The molecule has 0 fully saturated rings. The summed E-state index contributed by atoms with van der Waals surface area (Å²) in [5.41, 5.74) is 5.09. The number of methoxy groups -OCH3 is 1. The molecule has 3 heterocycles. The minimum Gasteiger partial charge on any atom is -0.504 e. The average molecular weight is 473 g/mol. The first-order chi connectivity index (χ1) is 16.2. The zero-order valence-electron chi connectivity index (χ0n) is 17.8. The molecule has 6 rings (SSSR count). The van der Waals surface area contributed by atoms with Gasteiger partial charge in [-0.1, -0.05) is 53.8 Å². The highest BCUT2D eigenvalue weighted by atomic mass is 32.1. The first kappa shape index (κ1) is 20.2. The van der Waals surface area contributed by atoms with Crippen molar-refractivity contribution in [3.05, 3.63) is 107 Å². The van der Waals surface area contributed by atoms with Crippen LogP contribution < -0.4 is 19.6 Å². The monoisotopic (exact) mass is 472 g/mol. The van der Waals surface area contributed by atoms with Crippen molar-refractivity contribution in [2.45, 2.75) is 18.9 Å². The van der Waals surface area contributed by atoms with Gasteiger partial charge in [0.25, 0.3) is 5.56 Å². The van der Waals surface area contributed by atoms with E-state index in [1.807, 2.05) is 16.7 Å². The standard InChI is InChI=1S/C26H20N2O3S2/c1-31-19-9-4-7-16(24(19)29)14-21-25(30)28-23(20-10-5-13-32-20)18-12-11-15-6-2-3-8-17(15)22(18)27-26(28)33-21/h2-10,13-14,23,29H,11-12H2,1H3/b21-14+/t23-/m1/s1. The summed E-state index contributed by atoms with van der Waals surface area (Å²) in [5.74, 6) is 0.397. The Morgan fingerprint density at radius 1 is 1.12 bits per heavy atom. The molecular formula is C26H20N2O3S2. The third kappa shape index (κ3) is 3.19. The van der Waals surface area contributed by atoms with E-state index in [2.05, 4.69) is 29.6 Å². The zero-order chi connectivity index (χ0) is 22.5. The summed E-state index contributed by atoms with van der Waals surface area (Å²) in [7, 11) is 1.51. The Morgan fingerprint density at radius 3 is 2.82 bits per heavy atom. The average Bonchev–Trinajstić information content (AvgIpc) is 3.48. The van der Waals surface area contributed by atoms with Crippen LogP contribution in [-0.2, 0) is 6.42 Å². The molecule has 0 spiro atoms. The van der Waals surface area contributed by atoms with Gasteiger partial charge in [-0.2, -0.15) is 0 Å². The number of ether oxygens (including phenoxy) is 1. The fourth-order valence-electron chi connectivity index (χ4n) is 4.68. The fourth-order valence-corrected chi connectivity index (χ4v) is 6.52. The molecule has 2 aliphatic rings. The van der Waals surface area contributed by atoms with Gasteiger partial charge in [0, 0.05) is 16.0 Å². The van der Waals surface area contributed by atoms with Gasteiger partial charge < -0.3 is 9.84 Å². The van der Waals surface area contributed by atoms with Crippen LogP contribution in [0.25, 0.3) is 11.8 Å². The van der Waals surface area contributed by atoms with Gasteiger partial charge in [0.15, 0.2) is 16.3 Å². The number of aromatic nitrogens is 1. The molecule has 0 amide bonds. The predicted octanol–water partition coefficient (Wildman–Crippen LogP) is 4.09. The van der Waals surface area contributed by atoms with Gasteiger partial charge in [0.1, 0.15) is 0 Å². The maximum absolute atomic E-state index is 13.7. The van der Waals surface area contributed by atoms with Crippen molar-refractivity contribution in [3.63, 3.8) is 0 Å². The number of aryl methyl sites for hydroxylation is 1. The van der Waals surface area contributed by atoms with Gasteiger partial charge in [-0.3, -0.25) is 9.36 Å². The van der Waals surface area contributed by atoms with Crippen molar-refractivity contribution >= 4 is 34.4 Å². The van der Waals surface area contributed by atoms with Gasteiger partial charge in [-0.05, 0) is 47.6 Å². The molecule has 1 N–H and O–H groups in total. The summed E-state index contributed by atoms with van der Waals surface area (Å²) in [6.07, 6.45) is 3.54. The van der Waals surface area contributed by atoms with Crippen LogP contribution in [0.3, 0.4) is 0 Å². The summed E-state index contributed by atoms with van der Waals surface area (Å²) < 4.78 is 7.58. The third-order valence-electron chi connectivity index (χ3n) is 6.22. The molecule has 4 aromatic rings. The van der Waals surface area contributed by atoms with Crippen molar-refractivity contribution in [1.82, 2.24) is 4.57 Å². The number of hydrogen-bond acceptors (Lipinski definition) is 6. The second-order valence-electron chi connectivity index (χ2n) is 8.03. The summed E-state index contributed by atoms with van der Waals surface area (Å²) in [6.45, 7) is 0. The number of rotatable bonds is 3. The molecule has 164 valence electrons. The topological polar surface area (TPSA) is 63.8 Å². The number of nitrogens with zero attached hydrogens (tertiary/aromatic N) is 2. The lowest BCUT2D eigenvalue weighted by Crippen LogP contribution is -2.38. The van der Waals surface area contributed by atoms with Crippen LogP contribution >= 0.6 is 22.7 Å². The van der Waals surface area contributed by atoms with Gasteiger partial charge in [-0.25, -0.2) is 4.99 Å². The van der Waals surface area contributed by atoms with E-state index in [1.165, 1.54) is 29.6 Å². The lowest BCUT2D eigenvalue weighted by Gasteiger charge is -2.30. The van der Waals surface area contributed by atoms with Gasteiger partial charge in [0.05, 0.1) is 23.4 Å². The van der Waals surface area contributed by atoms with Gasteiger partial charge in [-0.15, -0.1) is 11.3 Å². The van der Waals surface area contributed by atoms with Crippen molar-refractivity contribution in [2.75, 3.05) is 7.11 Å². The van der Waals surface area contributed by atoms with E-state index >= 15 is 0 Å². The molecule has 0 radical (unpaired) electrons. The van der Waals surface area contributed by atoms with Crippen molar-refractivity contribution in [2.24, 2.45) is 4.99 Å². The lowest BCUT2D eigenvalue weighted by atomic mass is 9.85. The van der Waals surface area contributed by atoms with Crippen molar-refractivity contribution < 1.29 is 9.84 Å². The van der Waals surface area contributed by atoms with Crippen LogP contribution in [0, 0.1) is 0 Å². The maximum atomic E-state index is 13.7. The molecule has 0 saturated carbocycles. The number of phenolic OH excluding ortho intramolecular Hbond substituents is 1. The number of phenols is 1. The minimum absolute atomic E-state index is 0.0221. The zero-order valence-corrected chi connectivity index (χ0v) is 19.5. The Morgan fingerprint density at radius 2 is 2.00 bits per heavy atom. The first-order valence-corrected chi connectivity index (χ1v) is 12.4. The molecule has 5 nitrogen and oxygen atoms in total. The van der Waals surface area contributed by atoms with Crippen LogP contribution in [0.2, 0.25) is 0 Å². The minimum atomic E-state index is -0.161. The number of thiazole rings is 1. The van der Waals surface area contributed by atoms with E-state index in [4.69, 9.17) is 9.73 Å². The Labute approximate surface area is 197 Å². The molecule has 2 aromatic heterocycles. The van der Waals surface area contributed by atoms with E-state index in [9.17, 15) is 9.90 Å². The molecule has 1 aliphatic heterocycles. The molecule has 0 saturated heterocycles. The van der Waals surface area contributed by atoms with Crippen LogP contribution in [0.5, 0.6) is 11.5 Å². The van der Waals surface area contributed by atoms with E-state index in [1.54, 1.807) is 35.6 Å². The number of aromatic hydroxyl groups is 1. The Bertz CT molecular complexity index is 1590. The van der Waals surface area contributed by atoms with Crippen LogP contribution in [0.4, 0.5) is 0 Å². The molecule has 1 aliphatic carbocycles. The predicted molar refractivity (Wildman–Crippen MR) is 132 cm³/mol. The van der Waals surface area contributed by atoms with E-state index < -0.39 is 0 Å². The number of allylic oxidation sites excluding steroid dienone is 1. The Kier molecular flexibility index (Phi) is 4.81. The summed E-state index contributed by atoms with van der Waals surface area (Å²) >= 11 is 3.02. The Balaban J connectivity index is 1.62. The summed E-state index contributed by atoms with van der Waals surface area (Å²) in [6, 6.07) is 17.6. The number of hydrogen-bond donors (Lipinski definition) is 1. The second-order valence-corrected chi connectivity index (χ2v) is 10.0. The van der Waals surface area contributed by atoms with Gasteiger partial charge in [0.2, 0.25) is 0 Å². The lowest BCUT2D eigenvalue weighted by molar-refractivity contribution is 0.373. The highest BCUT2D eigenvalue weighted by Crippen LogP contribution is 2.42. The van der Waals surface area contributed by atoms with Crippen LogP contribution in [0.15, 0.2) is 75.3 Å². The van der Waals surface area contributed by atoms with E-state index in [0.717, 1.165) is 29.0 Å². The van der Waals surface area contributed by atoms with E-state index in [0.29, 0.717) is 20.6 Å². The highest BCUT2D eigenvalue weighted by molar-refractivity contribution is 7.10. The number of para-hydroxylation sites is 1. The number of thiophene rings is 1. The van der Waals surface area contributed by atoms with Crippen LogP contribution in [-0.4, -0.2) is 16.8 Å². The molecular weight excluding hydrogens is 452 g/mol.